The van der Waals surface area contributed by atoms with Gasteiger partial charge in [0.25, 0.3) is 0 Å². The maximum absolute atomic E-state index is 12.1. The molecule has 0 saturated carbocycles. The predicted octanol–water partition coefficient (Wildman–Crippen LogP) is 2.49. The van der Waals surface area contributed by atoms with E-state index < -0.39 is 0 Å². The SMILES string of the molecule is O=C(CN1CCN(CCc2ccccc2)CC1)Nc1ccccc1. The predicted molar refractivity (Wildman–Crippen MR) is 98.1 cm³/mol. The highest BCUT2D eigenvalue weighted by Crippen LogP contribution is 2.07. The van der Waals surface area contributed by atoms with Crippen LogP contribution in [0.15, 0.2) is 60.7 Å². The Hall–Kier alpha value is -2.17. The van der Waals surface area contributed by atoms with E-state index in [1.165, 1.54) is 5.56 Å². The van der Waals surface area contributed by atoms with Crippen molar-refractivity contribution < 1.29 is 4.79 Å². The van der Waals surface area contributed by atoms with Crippen molar-refractivity contribution in [2.45, 2.75) is 6.42 Å². The van der Waals surface area contributed by atoms with Gasteiger partial charge in [0.15, 0.2) is 0 Å². The maximum atomic E-state index is 12.1. The van der Waals surface area contributed by atoms with Gasteiger partial charge in [0.05, 0.1) is 6.54 Å². The fourth-order valence-electron chi connectivity index (χ4n) is 3.03. The third-order valence-electron chi connectivity index (χ3n) is 4.45. The van der Waals surface area contributed by atoms with Gasteiger partial charge < -0.3 is 10.2 Å². The number of piperazine rings is 1. The Morgan fingerprint density at radius 2 is 1.42 bits per heavy atom. The van der Waals surface area contributed by atoms with Gasteiger partial charge in [-0.05, 0) is 24.1 Å². The summed E-state index contributed by atoms with van der Waals surface area (Å²) in [7, 11) is 0. The highest BCUT2D eigenvalue weighted by molar-refractivity contribution is 5.92. The Balaban J connectivity index is 1.36. The molecule has 3 rings (SSSR count). The maximum Gasteiger partial charge on any atom is 0.238 e. The molecule has 1 aliphatic heterocycles. The summed E-state index contributed by atoms with van der Waals surface area (Å²) in [5.41, 5.74) is 2.26. The van der Waals surface area contributed by atoms with Crippen LogP contribution in [0.3, 0.4) is 0 Å². The highest BCUT2D eigenvalue weighted by atomic mass is 16.2. The number of nitrogens with zero attached hydrogens (tertiary/aromatic N) is 2. The van der Waals surface area contributed by atoms with Crippen molar-refractivity contribution in [2.24, 2.45) is 0 Å². The van der Waals surface area contributed by atoms with Gasteiger partial charge in [-0.2, -0.15) is 0 Å². The zero-order valence-corrected chi connectivity index (χ0v) is 14.0. The first-order valence-corrected chi connectivity index (χ1v) is 8.63. The molecule has 0 atom stereocenters. The second-order valence-electron chi connectivity index (χ2n) is 6.27. The van der Waals surface area contributed by atoms with Crippen molar-refractivity contribution in [3.8, 4) is 0 Å². The quantitative estimate of drug-likeness (QED) is 0.887. The minimum Gasteiger partial charge on any atom is -0.325 e. The molecule has 4 nitrogen and oxygen atoms in total. The molecule has 1 heterocycles. The van der Waals surface area contributed by atoms with E-state index >= 15 is 0 Å². The summed E-state index contributed by atoms with van der Waals surface area (Å²) in [6.07, 6.45) is 1.09. The minimum absolute atomic E-state index is 0.0685. The van der Waals surface area contributed by atoms with Crippen LogP contribution >= 0.6 is 0 Å². The molecule has 0 bridgehead atoms. The van der Waals surface area contributed by atoms with Crippen LogP contribution in [0.25, 0.3) is 0 Å². The van der Waals surface area contributed by atoms with Crippen molar-refractivity contribution >= 4 is 11.6 Å². The van der Waals surface area contributed by atoms with E-state index in [1.54, 1.807) is 0 Å². The normalized spacial score (nSPS) is 16.0. The molecule has 24 heavy (non-hydrogen) atoms. The number of para-hydroxylation sites is 1. The van der Waals surface area contributed by atoms with Crippen LogP contribution in [0.5, 0.6) is 0 Å². The van der Waals surface area contributed by atoms with Crippen LogP contribution in [0.1, 0.15) is 5.56 Å². The third-order valence-corrected chi connectivity index (χ3v) is 4.45. The molecule has 0 unspecified atom stereocenters. The highest BCUT2D eigenvalue weighted by Gasteiger charge is 2.18. The van der Waals surface area contributed by atoms with Crippen molar-refractivity contribution in [1.82, 2.24) is 9.80 Å². The van der Waals surface area contributed by atoms with Crippen LogP contribution in [0.2, 0.25) is 0 Å². The van der Waals surface area contributed by atoms with E-state index in [-0.39, 0.29) is 5.91 Å². The monoisotopic (exact) mass is 323 g/mol. The zero-order chi connectivity index (χ0) is 16.6. The Morgan fingerprint density at radius 3 is 2.08 bits per heavy atom. The molecule has 0 aliphatic carbocycles. The lowest BCUT2D eigenvalue weighted by atomic mass is 10.1. The van der Waals surface area contributed by atoms with E-state index in [0.29, 0.717) is 6.54 Å². The van der Waals surface area contributed by atoms with E-state index in [4.69, 9.17) is 0 Å². The Labute approximate surface area is 144 Å². The summed E-state index contributed by atoms with van der Waals surface area (Å²) in [6.45, 7) is 5.54. The number of anilines is 1. The molecule has 1 amide bonds. The zero-order valence-electron chi connectivity index (χ0n) is 14.0. The van der Waals surface area contributed by atoms with Gasteiger partial charge in [0.1, 0.15) is 0 Å². The summed E-state index contributed by atoms with van der Waals surface area (Å²) in [5, 5.41) is 2.95. The number of hydrogen-bond donors (Lipinski definition) is 1. The fourth-order valence-corrected chi connectivity index (χ4v) is 3.03. The fraction of sp³-hybridized carbons (Fsp3) is 0.350. The first kappa shape index (κ1) is 16.7. The lowest BCUT2D eigenvalue weighted by molar-refractivity contribution is -0.117. The molecule has 1 saturated heterocycles. The minimum atomic E-state index is 0.0685. The summed E-state index contributed by atoms with van der Waals surface area (Å²) in [4.78, 5) is 16.8. The van der Waals surface area contributed by atoms with Crippen molar-refractivity contribution in [2.75, 3.05) is 44.6 Å². The van der Waals surface area contributed by atoms with Crippen LogP contribution < -0.4 is 5.32 Å². The van der Waals surface area contributed by atoms with Crippen molar-refractivity contribution in [3.63, 3.8) is 0 Å². The van der Waals surface area contributed by atoms with Crippen LogP contribution in [-0.2, 0) is 11.2 Å². The molecule has 1 N–H and O–H groups in total. The number of carbonyl (C=O) groups excluding carboxylic acids is 1. The van der Waals surface area contributed by atoms with Gasteiger partial charge in [0.2, 0.25) is 5.91 Å². The largest absolute Gasteiger partial charge is 0.325 e. The van der Waals surface area contributed by atoms with E-state index in [9.17, 15) is 4.79 Å². The van der Waals surface area contributed by atoms with Gasteiger partial charge >= 0.3 is 0 Å². The first-order chi connectivity index (χ1) is 11.8. The molecule has 2 aromatic rings. The molecule has 2 aromatic carbocycles. The molecular weight excluding hydrogens is 298 g/mol. The lowest BCUT2D eigenvalue weighted by Crippen LogP contribution is -2.49. The van der Waals surface area contributed by atoms with E-state index in [1.807, 2.05) is 30.3 Å². The molecule has 1 aliphatic rings. The Morgan fingerprint density at radius 1 is 0.833 bits per heavy atom. The van der Waals surface area contributed by atoms with Crippen LogP contribution in [0.4, 0.5) is 5.69 Å². The average molecular weight is 323 g/mol. The van der Waals surface area contributed by atoms with Crippen molar-refractivity contribution in [1.29, 1.82) is 0 Å². The smallest absolute Gasteiger partial charge is 0.238 e. The van der Waals surface area contributed by atoms with Gasteiger partial charge in [0, 0.05) is 38.4 Å². The summed E-state index contributed by atoms with van der Waals surface area (Å²) >= 11 is 0. The number of hydrogen-bond acceptors (Lipinski definition) is 3. The molecule has 4 heteroatoms. The Bertz CT molecular complexity index is 622. The molecular formula is C20H25N3O. The van der Waals surface area contributed by atoms with Crippen LogP contribution in [-0.4, -0.2) is 55.0 Å². The van der Waals surface area contributed by atoms with Gasteiger partial charge in [-0.1, -0.05) is 48.5 Å². The number of nitrogens with one attached hydrogen (secondary N) is 1. The summed E-state index contributed by atoms with van der Waals surface area (Å²) in [5.74, 6) is 0.0685. The third kappa shape index (κ3) is 5.18. The molecule has 1 fully saturated rings. The van der Waals surface area contributed by atoms with Gasteiger partial charge in [-0.25, -0.2) is 0 Å². The molecule has 0 radical (unpaired) electrons. The van der Waals surface area contributed by atoms with Gasteiger partial charge in [-0.15, -0.1) is 0 Å². The number of amides is 1. The topological polar surface area (TPSA) is 35.6 Å². The summed E-state index contributed by atoms with van der Waals surface area (Å²) in [6, 6.07) is 20.3. The van der Waals surface area contributed by atoms with Gasteiger partial charge in [-0.3, -0.25) is 9.69 Å². The average Bonchev–Trinajstić information content (AvgIpc) is 2.63. The lowest BCUT2D eigenvalue weighted by Gasteiger charge is -2.34. The molecule has 0 spiro atoms. The standard InChI is InChI=1S/C20H25N3O/c24-20(21-19-9-5-2-6-10-19)17-23-15-13-22(14-16-23)12-11-18-7-3-1-4-8-18/h1-10H,11-17H2,(H,21,24). The Kier molecular flexibility index (Phi) is 5.99. The second kappa shape index (κ2) is 8.62. The second-order valence-corrected chi connectivity index (χ2v) is 6.27. The van der Waals surface area contributed by atoms with Crippen LogP contribution in [0, 0.1) is 0 Å². The van der Waals surface area contributed by atoms with E-state index in [2.05, 4.69) is 45.4 Å². The van der Waals surface area contributed by atoms with Crippen molar-refractivity contribution in [3.05, 3.63) is 66.2 Å². The summed E-state index contributed by atoms with van der Waals surface area (Å²) < 4.78 is 0. The number of carbonyl (C=O) groups is 1. The van der Waals surface area contributed by atoms with E-state index in [0.717, 1.165) is 44.8 Å². The number of benzene rings is 2. The molecule has 126 valence electrons. The molecule has 0 aromatic heterocycles. The number of rotatable bonds is 6. The first-order valence-electron chi connectivity index (χ1n) is 8.63.